The minimum absolute atomic E-state index is 0.157. The summed E-state index contributed by atoms with van der Waals surface area (Å²) in [7, 11) is -1.55. The van der Waals surface area contributed by atoms with Crippen molar-refractivity contribution in [1.82, 2.24) is 5.32 Å². The molecular weight excluding hydrogens is 402 g/mol. The highest BCUT2D eigenvalue weighted by atomic mass is 35.5. The van der Waals surface area contributed by atoms with Crippen molar-refractivity contribution in [2.45, 2.75) is 57.8 Å². The number of ketones is 1. The third-order valence-electron chi connectivity index (χ3n) is 4.94. The van der Waals surface area contributed by atoms with E-state index in [-0.39, 0.29) is 12.5 Å². The zero-order chi connectivity index (χ0) is 21.9. The highest BCUT2D eigenvalue weighted by Crippen LogP contribution is 2.45. The number of esters is 1. The fourth-order valence-corrected chi connectivity index (χ4v) is 4.92. The molecule has 0 bridgehead atoms. The zero-order valence-electron chi connectivity index (χ0n) is 17.1. The van der Waals surface area contributed by atoms with Gasteiger partial charge in [0.2, 0.25) is 5.91 Å². The molecule has 1 aliphatic rings. The van der Waals surface area contributed by atoms with E-state index in [4.69, 9.17) is 26.3 Å². The molecule has 1 fully saturated rings. The second kappa shape index (κ2) is 9.13. The monoisotopic (exact) mass is 429 g/mol. The number of rotatable bonds is 9. The first-order valence-electron chi connectivity index (χ1n) is 8.98. The van der Waals surface area contributed by atoms with Gasteiger partial charge in [0.15, 0.2) is 9.04 Å². The Kier molecular flexibility index (Phi) is 7.90. The van der Waals surface area contributed by atoms with Gasteiger partial charge in [-0.05, 0) is 25.4 Å². The standard InChI is InChI=1S/C18H28ClN3O5Si/c1-8-9-26-16(25)13(22-20)14(23)11(19)12-10(15(24)21-12)18(5,17(2,3)4)27-28(6)7/h8,10-12,28H,1,9H2,2-7H3,(H,21,24)/t10-,11-,12+,18-/m1/s1. The summed E-state index contributed by atoms with van der Waals surface area (Å²) in [5.74, 6) is -3.05. The van der Waals surface area contributed by atoms with Crippen LogP contribution in [0.3, 0.4) is 0 Å². The molecule has 0 radical (unpaired) electrons. The van der Waals surface area contributed by atoms with Crippen LogP contribution in [0.4, 0.5) is 0 Å². The van der Waals surface area contributed by atoms with Crippen LogP contribution in [-0.4, -0.2) is 60.8 Å². The molecule has 0 aliphatic carbocycles. The quantitative estimate of drug-likeness (QED) is 0.0685. The number of alkyl halides is 1. The summed E-state index contributed by atoms with van der Waals surface area (Å²) < 4.78 is 11.0. The molecule has 1 aliphatic heterocycles. The van der Waals surface area contributed by atoms with Gasteiger partial charge in [-0.15, -0.1) is 11.6 Å². The van der Waals surface area contributed by atoms with Crippen LogP contribution in [0.1, 0.15) is 27.7 Å². The van der Waals surface area contributed by atoms with Crippen LogP contribution in [0.5, 0.6) is 0 Å². The van der Waals surface area contributed by atoms with Gasteiger partial charge in [0.25, 0.3) is 5.78 Å². The van der Waals surface area contributed by atoms with Gasteiger partial charge in [0.05, 0.1) is 17.6 Å². The largest absolute Gasteiger partial charge is 0.453 e. The summed E-state index contributed by atoms with van der Waals surface area (Å²) in [4.78, 5) is 39.7. The summed E-state index contributed by atoms with van der Waals surface area (Å²) in [6, 6.07) is -0.789. The highest BCUT2D eigenvalue weighted by Gasteiger charge is 2.60. The molecule has 156 valence electrons. The molecule has 10 heteroatoms. The van der Waals surface area contributed by atoms with E-state index in [0.29, 0.717) is 0 Å². The Morgan fingerprint density at radius 3 is 2.36 bits per heavy atom. The topological polar surface area (TPSA) is 118 Å². The number of hydrogen-bond donors (Lipinski definition) is 1. The molecule has 0 aromatic heterocycles. The van der Waals surface area contributed by atoms with Crippen LogP contribution >= 0.6 is 11.6 Å². The molecule has 8 nitrogen and oxygen atoms in total. The summed E-state index contributed by atoms with van der Waals surface area (Å²) >= 11 is 6.31. The molecule has 28 heavy (non-hydrogen) atoms. The van der Waals surface area contributed by atoms with Crippen LogP contribution in [0.2, 0.25) is 13.1 Å². The predicted octanol–water partition coefficient (Wildman–Crippen LogP) is 1.48. The summed E-state index contributed by atoms with van der Waals surface area (Å²) in [6.07, 6.45) is 1.31. The Morgan fingerprint density at radius 1 is 1.39 bits per heavy atom. The normalized spacial score (nSPS) is 22.2. The SMILES string of the molecule is C=CCOC(=O)C(=[N+]=[N-])C(=O)[C@H](Cl)[C@H]1NC(=O)[C@@H]1[C@@](C)(O[SiH](C)C)C(C)(C)C. The van der Waals surface area contributed by atoms with Crippen LogP contribution < -0.4 is 5.32 Å². The van der Waals surface area contributed by atoms with E-state index in [1.165, 1.54) is 6.08 Å². The lowest BCUT2D eigenvalue weighted by molar-refractivity contribution is -0.159. The van der Waals surface area contributed by atoms with E-state index in [1.807, 2.05) is 40.8 Å². The van der Waals surface area contributed by atoms with Crippen LogP contribution in [0.25, 0.3) is 5.53 Å². The third kappa shape index (κ3) is 4.78. The lowest BCUT2D eigenvalue weighted by Crippen LogP contribution is -2.73. The number of carbonyl (C=O) groups excluding carboxylic acids is 3. The number of amides is 1. The molecule has 0 aromatic rings. The smallest absolute Gasteiger partial charge is 0.443 e. The maximum absolute atomic E-state index is 12.6. The number of Topliss-reactive ketones (excluding diaryl/α,β-unsaturated/α-hetero) is 1. The van der Waals surface area contributed by atoms with E-state index in [9.17, 15) is 14.4 Å². The van der Waals surface area contributed by atoms with Crippen LogP contribution in [0.15, 0.2) is 12.7 Å². The number of nitrogens with zero attached hydrogens (tertiary/aromatic N) is 2. The first kappa shape index (κ1) is 24.2. The minimum atomic E-state index is -1.55. The zero-order valence-corrected chi connectivity index (χ0v) is 19.0. The lowest BCUT2D eigenvalue weighted by atomic mass is 9.63. The Labute approximate surface area is 171 Å². The molecular formula is C18H28ClN3O5Si. The van der Waals surface area contributed by atoms with Crippen molar-refractivity contribution in [2.24, 2.45) is 11.3 Å². The fraction of sp³-hybridized carbons (Fsp3) is 0.667. The molecule has 4 atom stereocenters. The highest BCUT2D eigenvalue weighted by molar-refractivity contribution is 6.67. The van der Waals surface area contributed by atoms with Crippen molar-refractivity contribution < 1.29 is 28.3 Å². The van der Waals surface area contributed by atoms with Gasteiger partial charge in [-0.2, -0.15) is 4.79 Å². The third-order valence-corrected chi connectivity index (χ3v) is 6.37. The Hall–Kier alpha value is -1.80. The van der Waals surface area contributed by atoms with Gasteiger partial charge in [-0.1, -0.05) is 33.4 Å². The first-order valence-corrected chi connectivity index (χ1v) is 12.2. The Morgan fingerprint density at radius 2 is 1.96 bits per heavy atom. The molecule has 0 unspecified atom stereocenters. The van der Waals surface area contributed by atoms with Crippen LogP contribution in [-0.2, 0) is 23.5 Å². The average Bonchev–Trinajstić information content (AvgIpc) is 2.55. The average molecular weight is 430 g/mol. The van der Waals surface area contributed by atoms with Crippen molar-refractivity contribution in [3.63, 3.8) is 0 Å². The van der Waals surface area contributed by atoms with E-state index in [0.717, 1.165) is 0 Å². The van der Waals surface area contributed by atoms with Gasteiger partial charge >= 0.3 is 11.7 Å². The van der Waals surface area contributed by atoms with E-state index >= 15 is 0 Å². The summed E-state index contributed by atoms with van der Waals surface area (Å²) in [5.41, 5.74) is 6.94. The molecule has 1 heterocycles. The predicted molar refractivity (Wildman–Crippen MR) is 108 cm³/mol. The number of nitrogens with one attached hydrogen (secondary N) is 1. The molecule has 1 amide bonds. The van der Waals surface area contributed by atoms with Gasteiger partial charge < -0.3 is 20.0 Å². The number of hydrogen-bond acceptors (Lipinski definition) is 5. The van der Waals surface area contributed by atoms with Crippen molar-refractivity contribution >= 4 is 44.0 Å². The van der Waals surface area contributed by atoms with E-state index in [1.54, 1.807) is 0 Å². The fourth-order valence-electron chi connectivity index (χ4n) is 3.13. The molecule has 1 saturated heterocycles. The molecule has 0 saturated carbocycles. The molecule has 0 spiro atoms. The van der Waals surface area contributed by atoms with Crippen molar-refractivity contribution in [2.75, 3.05) is 6.61 Å². The van der Waals surface area contributed by atoms with Gasteiger partial charge in [0, 0.05) is 0 Å². The molecule has 1 rings (SSSR count). The van der Waals surface area contributed by atoms with Gasteiger partial charge in [0.1, 0.15) is 12.0 Å². The minimum Gasteiger partial charge on any atom is -0.453 e. The first-order chi connectivity index (χ1) is 12.8. The summed E-state index contributed by atoms with van der Waals surface area (Å²) in [6.45, 7) is 14.9. The van der Waals surface area contributed by atoms with Crippen LogP contribution in [0, 0.1) is 11.3 Å². The Balaban J connectivity index is 3.16. The van der Waals surface area contributed by atoms with Gasteiger partial charge in [-0.25, -0.2) is 4.79 Å². The second-order valence-corrected chi connectivity index (χ2v) is 10.9. The number of β-lactam (4-membered cyclic amide) rings is 1. The Bertz CT molecular complexity index is 714. The lowest BCUT2D eigenvalue weighted by Gasteiger charge is -2.55. The number of halogens is 1. The summed E-state index contributed by atoms with van der Waals surface area (Å²) in [5, 5.41) is 1.29. The van der Waals surface area contributed by atoms with Crippen molar-refractivity contribution in [3.8, 4) is 0 Å². The van der Waals surface area contributed by atoms with Crippen molar-refractivity contribution in [1.29, 1.82) is 0 Å². The van der Waals surface area contributed by atoms with E-state index < -0.39 is 54.9 Å². The maximum atomic E-state index is 12.6. The second-order valence-electron chi connectivity index (χ2n) is 8.14. The maximum Gasteiger partial charge on any atom is 0.443 e. The molecule has 0 aromatic carbocycles. The van der Waals surface area contributed by atoms with Crippen molar-refractivity contribution in [3.05, 3.63) is 18.2 Å². The molecule has 1 N–H and O–H groups in total. The van der Waals surface area contributed by atoms with Gasteiger partial charge in [-0.3, -0.25) is 9.59 Å². The number of carbonyl (C=O) groups is 3. The van der Waals surface area contributed by atoms with E-state index in [2.05, 4.69) is 16.7 Å². The number of ether oxygens (including phenoxy) is 1.